The molecular weight excluding hydrogens is 434 g/mol. The van der Waals surface area contributed by atoms with Gasteiger partial charge in [-0.3, -0.25) is 4.79 Å². The number of hydrogen-bond acceptors (Lipinski definition) is 3. The number of aromatic nitrogens is 2. The third kappa shape index (κ3) is 5.74. The number of carbonyl (C=O) groups excluding carboxylic acids is 1. The van der Waals surface area contributed by atoms with Crippen molar-refractivity contribution < 1.29 is 9.53 Å². The van der Waals surface area contributed by atoms with Gasteiger partial charge >= 0.3 is 0 Å². The van der Waals surface area contributed by atoms with Gasteiger partial charge in [-0.1, -0.05) is 61.8 Å². The first-order chi connectivity index (χ1) is 16.0. The zero-order valence-electron chi connectivity index (χ0n) is 18.9. The van der Waals surface area contributed by atoms with Crippen molar-refractivity contribution in [2.24, 2.45) is 0 Å². The molecule has 1 aromatic heterocycles. The van der Waals surface area contributed by atoms with E-state index in [0.29, 0.717) is 29.8 Å². The maximum Gasteiger partial charge on any atom is 0.258 e. The van der Waals surface area contributed by atoms with E-state index < -0.39 is 0 Å². The first-order valence-corrected chi connectivity index (χ1v) is 11.6. The lowest BCUT2D eigenvalue weighted by Gasteiger charge is -2.13. The molecule has 0 saturated heterocycles. The summed E-state index contributed by atoms with van der Waals surface area (Å²) in [7, 11) is 0. The Morgan fingerprint density at radius 2 is 1.79 bits per heavy atom. The molecule has 170 valence electrons. The second-order valence-electron chi connectivity index (χ2n) is 8.17. The van der Waals surface area contributed by atoms with Crippen LogP contribution in [0.5, 0.6) is 5.75 Å². The number of imidazole rings is 1. The molecule has 1 heterocycles. The van der Waals surface area contributed by atoms with E-state index >= 15 is 0 Å². The summed E-state index contributed by atoms with van der Waals surface area (Å²) in [5.74, 6) is 1.75. The van der Waals surface area contributed by atoms with Crippen molar-refractivity contribution in [1.29, 1.82) is 0 Å². The number of hydrogen-bond donors (Lipinski definition) is 1. The summed E-state index contributed by atoms with van der Waals surface area (Å²) in [6.07, 6.45) is 1.12. The molecule has 0 saturated carbocycles. The molecule has 1 unspecified atom stereocenters. The number of carbonyl (C=O) groups is 1. The number of amides is 1. The van der Waals surface area contributed by atoms with Crippen LogP contribution in [-0.4, -0.2) is 22.1 Å². The number of rotatable bonds is 9. The Kier molecular flexibility index (Phi) is 7.30. The van der Waals surface area contributed by atoms with E-state index in [-0.39, 0.29) is 12.5 Å². The third-order valence-corrected chi connectivity index (χ3v) is 6.11. The summed E-state index contributed by atoms with van der Waals surface area (Å²) in [6.45, 7) is 5.39. The van der Waals surface area contributed by atoms with Crippen molar-refractivity contribution in [3.8, 4) is 5.75 Å². The lowest BCUT2D eigenvalue weighted by atomic mass is 9.98. The van der Waals surface area contributed by atoms with Crippen LogP contribution in [0.4, 0.5) is 0 Å². The Bertz CT molecular complexity index is 1220. The van der Waals surface area contributed by atoms with Crippen LogP contribution in [0.15, 0.2) is 72.8 Å². The molecule has 0 radical (unpaired) electrons. The molecule has 0 fully saturated rings. The maximum atomic E-state index is 12.4. The summed E-state index contributed by atoms with van der Waals surface area (Å²) >= 11 is 5.88. The van der Waals surface area contributed by atoms with Gasteiger partial charge in [0.2, 0.25) is 0 Å². The Balaban J connectivity index is 1.45. The summed E-state index contributed by atoms with van der Waals surface area (Å²) < 4.78 is 7.70. The molecule has 1 amide bonds. The molecule has 6 heteroatoms. The van der Waals surface area contributed by atoms with Crippen molar-refractivity contribution >= 4 is 28.5 Å². The molecule has 33 heavy (non-hydrogen) atoms. The zero-order chi connectivity index (χ0) is 23.2. The third-order valence-electron chi connectivity index (χ3n) is 5.86. The van der Waals surface area contributed by atoms with Crippen LogP contribution in [-0.2, 0) is 17.9 Å². The second-order valence-corrected chi connectivity index (χ2v) is 8.61. The molecule has 0 aliphatic carbocycles. The average Bonchev–Trinajstić information content (AvgIpc) is 3.19. The minimum atomic E-state index is -0.207. The topological polar surface area (TPSA) is 56.2 Å². The number of nitrogens with one attached hydrogen (secondary N) is 1. The van der Waals surface area contributed by atoms with Crippen LogP contribution < -0.4 is 10.1 Å². The van der Waals surface area contributed by atoms with Crippen molar-refractivity contribution in [3.63, 3.8) is 0 Å². The molecule has 0 spiro atoms. The number of para-hydroxylation sites is 2. The van der Waals surface area contributed by atoms with Crippen LogP contribution in [0.1, 0.15) is 43.1 Å². The zero-order valence-corrected chi connectivity index (χ0v) is 19.7. The van der Waals surface area contributed by atoms with Crippen molar-refractivity contribution in [2.45, 2.75) is 39.3 Å². The van der Waals surface area contributed by atoms with Crippen LogP contribution in [0.3, 0.4) is 0 Å². The van der Waals surface area contributed by atoms with Gasteiger partial charge in [-0.2, -0.15) is 0 Å². The highest BCUT2D eigenvalue weighted by Gasteiger charge is 2.13. The highest BCUT2D eigenvalue weighted by atomic mass is 35.5. The molecule has 0 aliphatic heterocycles. The first kappa shape index (κ1) is 22.9. The molecule has 1 N–H and O–H groups in total. The summed E-state index contributed by atoms with van der Waals surface area (Å²) in [6, 6.07) is 23.7. The number of ether oxygens (including phenoxy) is 1. The highest BCUT2D eigenvalue weighted by Crippen LogP contribution is 2.22. The van der Waals surface area contributed by atoms with Crippen LogP contribution in [0.2, 0.25) is 5.02 Å². The van der Waals surface area contributed by atoms with Gasteiger partial charge in [-0.25, -0.2) is 4.98 Å². The van der Waals surface area contributed by atoms with E-state index in [1.165, 1.54) is 11.1 Å². The Hall–Kier alpha value is -3.31. The van der Waals surface area contributed by atoms with Gasteiger partial charge in [0.1, 0.15) is 11.6 Å². The van der Waals surface area contributed by atoms with Gasteiger partial charge < -0.3 is 14.6 Å². The van der Waals surface area contributed by atoms with Gasteiger partial charge in [0, 0.05) is 11.6 Å². The number of nitrogens with zero attached hydrogens (tertiary/aromatic N) is 2. The molecule has 1 atom stereocenters. The van der Waals surface area contributed by atoms with E-state index in [1.807, 2.05) is 18.2 Å². The fourth-order valence-electron chi connectivity index (χ4n) is 3.72. The Morgan fingerprint density at radius 3 is 2.52 bits per heavy atom. The van der Waals surface area contributed by atoms with E-state index in [9.17, 15) is 4.79 Å². The van der Waals surface area contributed by atoms with Crippen LogP contribution >= 0.6 is 11.6 Å². The summed E-state index contributed by atoms with van der Waals surface area (Å²) in [4.78, 5) is 17.1. The first-order valence-electron chi connectivity index (χ1n) is 11.2. The molecule has 4 rings (SSSR count). The molecule has 0 bridgehead atoms. The predicted molar refractivity (Wildman–Crippen MR) is 133 cm³/mol. The fraction of sp³-hybridized carbons (Fsp3) is 0.259. The fourth-order valence-corrected chi connectivity index (χ4v) is 3.84. The van der Waals surface area contributed by atoms with Gasteiger partial charge in [-0.05, 0) is 59.9 Å². The number of fused-ring (bicyclic) bond motifs is 1. The molecule has 0 aliphatic rings. The minimum Gasteiger partial charge on any atom is -0.484 e. The molecule has 4 aromatic rings. The molecule has 3 aromatic carbocycles. The quantitative estimate of drug-likeness (QED) is 0.335. The van der Waals surface area contributed by atoms with E-state index in [2.05, 4.69) is 54.1 Å². The van der Waals surface area contributed by atoms with E-state index in [4.69, 9.17) is 21.3 Å². The standard InChI is InChI=1S/C27H28ClN3O2/c1-3-19(2)21-10-8-20(9-11-21)17-31-25-7-5-4-6-24(25)30-26(31)16-29-27(32)18-33-23-14-12-22(28)13-15-23/h4-15,19H,3,16-18H2,1-2H3,(H,29,32). The number of benzene rings is 3. The normalized spacial score (nSPS) is 12.0. The SMILES string of the molecule is CCC(C)c1ccc(Cn2c(CNC(=O)COc3ccc(Cl)cc3)nc3ccccc32)cc1. The summed E-state index contributed by atoms with van der Waals surface area (Å²) in [5.41, 5.74) is 4.51. The highest BCUT2D eigenvalue weighted by molar-refractivity contribution is 6.30. The van der Waals surface area contributed by atoms with Crippen LogP contribution in [0.25, 0.3) is 11.0 Å². The lowest BCUT2D eigenvalue weighted by Crippen LogP contribution is -2.29. The van der Waals surface area contributed by atoms with Gasteiger partial charge in [0.15, 0.2) is 6.61 Å². The predicted octanol–water partition coefficient (Wildman–Crippen LogP) is 5.95. The average molecular weight is 462 g/mol. The van der Waals surface area contributed by atoms with E-state index in [1.54, 1.807) is 24.3 Å². The Labute approximate surface area is 199 Å². The smallest absolute Gasteiger partial charge is 0.258 e. The van der Waals surface area contributed by atoms with Gasteiger partial charge in [0.05, 0.1) is 17.6 Å². The monoisotopic (exact) mass is 461 g/mol. The van der Waals surface area contributed by atoms with Crippen molar-refractivity contribution in [2.75, 3.05) is 6.61 Å². The lowest BCUT2D eigenvalue weighted by molar-refractivity contribution is -0.123. The van der Waals surface area contributed by atoms with E-state index in [0.717, 1.165) is 23.3 Å². The second kappa shape index (κ2) is 10.5. The molecule has 5 nitrogen and oxygen atoms in total. The van der Waals surface area contributed by atoms with Crippen LogP contribution in [0, 0.1) is 0 Å². The van der Waals surface area contributed by atoms with Gasteiger partial charge in [-0.15, -0.1) is 0 Å². The number of halogens is 1. The van der Waals surface area contributed by atoms with Crippen molar-refractivity contribution in [3.05, 3.63) is 94.8 Å². The maximum absolute atomic E-state index is 12.4. The summed E-state index contributed by atoms with van der Waals surface area (Å²) in [5, 5.41) is 3.55. The Morgan fingerprint density at radius 1 is 1.06 bits per heavy atom. The largest absolute Gasteiger partial charge is 0.484 e. The van der Waals surface area contributed by atoms with Gasteiger partial charge in [0.25, 0.3) is 5.91 Å². The van der Waals surface area contributed by atoms with Crippen molar-refractivity contribution in [1.82, 2.24) is 14.9 Å². The molecular formula is C27H28ClN3O2. The minimum absolute atomic E-state index is 0.0705.